The summed E-state index contributed by atoms with van der Waals surface area (Å²) in [6, 6.07) is 6.05. The molecule has 0 spiro atoms. The maximum absolute atomic E-state index is 15.4. The number of nitrogens with one attached hydrogen (secondary N) is 1. The van der Waals surface area contributed by atoms with Gasteiger partial charge in [0.25, 0.3) is 10.0 Å². The molecule has 0 saturated carbocycles. The normalized spacial score (nSPS) is 11.8. The number of halogens is 3. The fourth-order valence-corrected chi connectivity index (χ4v) is 4.90. The Labute approximate surface area is 186 Å². The molecule has 0 atom stereocenters. The van der Waals surface area contributed by atoms with Crippen molar-refractivity contribution in [2.75, 3.05) is 10.5 Å². The van der Waals surface area contributed by atoms with Gasteiger partial charge in [0.15, 0.2) is 5.82 Å². The number of sulfonamides is 1. The van der Waals surface area contributed by atoms with E-state index in [9.17, 15) is 17.9 Å². The van der Waals surface area contributed by atoms with Crippen molar-refractivity contribution in [2.45, 2.75) is 11.5 Å². The maximum Gasteiger partial charge on any atom is 0.264 e. The molecular formula is C20H16ClF2N5O3S. The van der Waals surface area contributed by atoms with Gasteiger partial charge < -0.3 is 15.4 Å². The summed E-state index contributed by atoms with van der Waals surface area (Å²) < 4.78 is 59.3. The smallest absolute Gasteiger partial charge is 0.264 e. The van der Waals surface area contributed by atoms with Crippen molar-refractivity contribution >= 4 is 44.2 Å². The van der Waals surface area contributed by atoms with E-state index in [1.165, 1.54) is 24.5 Å². The topological polar surface area (TPSA) is 123 Å². The number of anilines is 2. The highest BCUT2D eigenvalue weighted by Crippen LogP contribution is 2.36. The zero-order chi connectivity index (χ0) is 23.2. The summed E-state index contributed by atoms with van der Waals surface area (Å²) in [5, 5.41) is 9.55. The van der Waals surface area contributed by atoms with Crippen LogP contribution in [0.1, 0.15) is 5.56 Å². The molecule has 0 aliphatic heterocycles. The second-order valence-electron chi connectivity index (χ2n) is 6.92. The molecule has 0 saturated heterocycles. The Balaban J connectivity index is 1.83. The van der Waals surface area contributed by atoms with Gasteiger partial charge in [0.1, 0.15) is 28.5 Å². The van der Waals surface area contributed by atoms with Crippen LogP contribution in [0.2, 0.25) is 5.02 Å². The van der Waals surface area contributed by atoms with Crippen LogP contribution in [0.3, 0.4) is 0 Å². The Kier molecular flexibility index (Phi) is 5.49. The highest BCUT2D eigenvalue weighted by Gasteiger charge is 2.25. The summed E-state index contributed by atoms with van der Waals surface area (Å²) in [4.78, 5) is 7.26. The average Bonchev–Trinajstić information content (AvgIpc) is 3.08. The predicted octanol–water partition coefficient (Wildman–Crippen LogP) is 3.44. The van der Waals surface area contributed by atoms with Crippen LogP contribution in [0.4, 0.5) is 20.3 Å². The van der Waals surface area contributed by atoms with Crippen molar-refractivity contribution in [1.29, 1.82) is 0 Å². The van der Waals surface area contributed by atoms with Gasteiger partial charge in [-0.25, -0.2) is 27.2 Å². The molecular weight excluding hydrogens is 464 g/mol. The van der Waals surface area contributed by atoms with Gasteiger partial charge in [0, 0.05) is 35.0 Å². The summed E-state index contributed by atoms with van der Waals surface area (Å²) in [5.74, 6) is -1.95. The Morgan fingerprint density at radius 2 is 1.94 bits per heavy atom. The number of nitrogens with two attached hydrogens (primary N) is 1. The van der Waals surface area contributed by atoms with Gasteiger partial charge in [-0.15, -0.1) is 0 Å². The van der Waals surface area contributed by atoms with Gasteiger partial charge in [-0.1, -0.05) is 23.7 Å². The molecule has 2 aromatic carbocycles. The maximum atomic E-state index is 15.4. The lowest BCUT2D eigenvalue weighted by Gasteiger charge is -2.13. The summed E-state index contributed by atoms with van der Waals surface area (Å²) in [7, 11) is -2.88. The second kappa shape index (κ2) is 8.01. The highest BCUT2D eigenvalue weighted by molar-refractivity contribution is 7.92. The summed E-state index contributed by atoms with van der Waals surface area (Å²) in [5.41, 5.74) is 6.10. The van der Waals surface area contributed by atoms with Gasteiger partial charge in [0.2, 0.25) is 0 Å². The fourth-order valence-electron chi connectivity index (χ4n) is 3.39. The van der Waals surface area contributed by atoms with E-state index in [1.54, 1.807) is 17.8 Å². The lowest BCUT2D eigenvalue weighted by Crippen LogP contribution is -2.16. The van der Waals surface area contributed by atoms with Crippen molar-refractivity contribution in [3.05, 3.63) is 65.1 Å². The average molecular weight is 480 g/mol. The van der Waals surface area contributed by atoms with E-state index in [2.05, 4.69) is 9.97 Å². The molecule has 4 aromatic rings. The lowest BCUT2D eigenvalue weighted by atomic mass is 10.0. The van der Waals surface area contributed by atoms with Gasteiger partial charge in [-0.05, 0) is 18.2 Å². The minimum absolute atomic E-state index is 0.0416. The molecule has 0 aliphatic rings. The van der Waals surface area contributed by atoms with Crippen molar-refractivity contribution in [3.8, 4) is 11.1 Å². The number of benzene rings is 2. The first-order valence-corrected chi connectivity index (χ1v) is 11.0. The standard InChI is InChI=1S/C20H16ClF2N5O3S/c1-28-7-13(16-19(24)25-9-26-20(16)28)12-3-2-4-14(18(12)23)27-32(30,31)15-6-11(21)5-10(8-29)17(15)22/h2-7,9,27,29H,8H2,1H3,(H2,24,25,26). The molecule has 4 rings (SSSR count). The minimum atomic E-state index is -4.58. The molecule has 12 heteroatoms. The van der Waals surface area contributed by atoms with Crippen LogP contribution in [0, 0.1) is 11.6 Å². The number of aromatic nitrogens is 3. The Bertz CT molecular complexity index is 1470. The van der Waals surface area contributed by atoms with Crippen LogP contribution in [0.5, 0.6) is 0 Å². The number of nitrogen functional groups attached to an aromatic ring is 1. The first kappa shape index (κ1) is 21.9. The third-order valence-corrected chi connectivity index (χ3v) is 6.44. The molecule has 0 unspecified atom stereocenters. The van der Waals surface area contributed by atoms with Crippen molar-refractivity contribution in [3.63, 3.8) is 0 Å². The molecule has 0 amide bonds. The number of rotatable bonds is 5. The largest absolute Gasteiger partial charge is 0.392 e. The second-order valence-corrected chi connectivity index (χ2v) is 9.01. The molecule has 0 bridgehead atoms. The first-order valence-electron chi connectivity index (χ1n) is 9.10. The number of aliphatic hydroxyl groups is 1. The molecule has 0 aliphatic carbocycles. The predicted molar refractivity (Wildman–Crippen MR) is 116 cm³/mol. The molecule has 166 valence electrons. The van der Waals surface area contributed by atoms with Crippen LogP contribution in [0.15, 0.2) is 47.8 Å². The third kappa shape index (κ3) is 3.64. The third-order valence-electron chi connectivity index (χ3n) is 4.86. The van der Waals surface area contributed by atoms with Crippen LogP contribution < -0.4 is 10.5 Å². The van der Waals surface area contributed by atoms with Crippen LogP contribution in [-0.4, -0.2) is 28.1 Å². The van der Waals surface area contributed by atoms with E-state index in [0.29, 0.717) is 16.6 Å². The highest BCUT2D eigenvalue weighted by atomic mass is 35.5. The molecule has 32 heavy (non-hydrogen) atoms. The summed E-state index contributed by atoms with van der Waals surface area (Å²) >= 11 is 5.85. The quantitative estimate of drug-likeness (QED) is 0.403. The van der Waals surface area contributed by atoms with Gasteiger partial charge >= 0.3 is 0 Å². The number of hydrogen-bond donors (Lipinski definition) is 3. The number of nitrogens with zero attached hydrogens (tertiary/aromatic N) is 3. The van der Waals surface area contributed by atoms with Crippen LogP contribution in [0.25, 0.3) is 22.2 Å². The van der Waals surface area contributed by atoms with E-state index in [-0.39, 0.29) is 22.0 Å². The minimum Gasteiger partial charge on any atom is -0.392 e. The van der Waals surface area contributed by atoms with E-state index >= 15 is 4.39 Å². The molecule has 0 radical (unpaired) electrons. The van der Waals surface area contributed by atoms with E-state index in [0.717, 1.165) is 12.1 Å². The number of hydrogen-bond acceptors (Lipinski definition) is 6. The van der Waals surface area contributed by atoms with Gasteiger partial charge in [0.05, 0.1) is 17.7 Å². The lowest BCUT2D eigenvalue weighted by molar-refractivity contribution is 0.274. The summed E-state index contributed by atoms with van der Waals surface area (Å²) in [6.45, 7) is -0.761. The van der Waals surface area contributed by atoms with Crippen molar-refractivity contribution in [2.24, 2.45) is 7.05 Å². The Hall–Kier alpha value is -3.28. The molecule has 2 aromatic heterocycles. The van der Waals surface area contributed by atoms with Crippen molar-refractivity contribution in [1.82, 2.24) is 14.5 Å². The Morgan fingerprint density at radius 3 is 2.66 bits per heavy atom. The fraction of sp³-hybridized carbons (Fsp3) is 0.100. The zero-order valence-electron chi connectivity index (χ0n) is 16.5. The number of aliphatic hydroxyl groups excluding tert-OH is 1. The molecule has 4 N–H and O–H groups in total. The summed E-state index contributed by atoms with van der Waals surface area (Å²) in [6.07, 6.45) is 2.87. The monoisotopic (exact) mass is 479 g/mol. The number of aryl methyl sites for hydroxylation is 1. The van der Waals surface area contributed by atoms with Crippen LogP contribution >= 0.6 is 11.6 Å². The zero-order valence-corrected chi connectivity index (χ0v) is 18.0. The molecule has 8 nitrogen and oxygen atoms in total. The number of fused-ring (bicyclic) bond motifs is 1. The van der Waals surface area contributed by atoms with Gasteiger partial charge in [-0.3, -0.25) is 4.72 Å². The van der Waals surface area contributed by atoms with Crippen LogP contribution in [-0.2, 0) is 23.7 Å². The van der Waals surface area contributed by atoms with Gasteiger partial charge in [-0.2, -0.15) is 0 Å². The Morgan fingerprint density at radius 1 is 1.19 bits per heavy atom. The van der Waals surface area contributed by atoms with E-state index in [1.807, 2.05) is 4.72 Å². The SMILES string of the molecule is Cn1cc(-c2cccc(NS(=O)(=O)c3cc(Cl)cc(CO)c3F)c2F)c2c(N)ncnc21. The first-order chi connectivity index (χ1) is 15.1. The van der Waals surface area contributed by atoms with Crippen molar-refractivity contribution < 1.29 is 22.3 Å². The molecule has 2 heterocycles. The van der Waals surface area contributed by atoms with E-state index < -0.39 is 38.8 Å². The molecule has 0 fully saturated rings. The van der Waals surface area contributed by atoms with E-state index in [4.69, 9.17) is 17.3 Å².